The summed E-state index contributed by atoms with van der Waals surface area (Å²) in [6.07, 6.45) is 2.51. The molecule has 0 amide bonds. The van der Waals surface area contributed by atoms with Crippen LogP contribution in [0.5, 0.6) is 5.75 Å². The van der Waals surface area contributed by atoms with Gasteiger partial charge in [-0.05, 0) is 43.2 Å². The monoisotopic (exact) mass is 403 g/mol. The van der Waals surface area contributed by atoms with E-state index in [2.05, 4.69) is 23.4 Å². The summed E-state index contributed by atoms with van der Waals surface area (Å²) < 4.78 is 13.2. The number of ether oxygens (including phenoxy) is 2. The Morgan fingerprint density at radius 3 is 2.73 bits per heavy atom. The number of rotatable bonds is 7. The molecule has 154 valence electrons. The minimum absolute atomic E-state index is 0.156. The number of carbonyl (C=O) groups is 1. The van der Waals surface area contributed by atoms with E-state index in [0.717, 1.165) is 34.5 Å². The summed E-state index contributed by atoms with van der Waals surface area (Å²) in [5.74, 6) is 1.13. The van der Waals surface area contributed by atoms with Crippen LogP contribution in [0.2, 0.25) is 0 Å². The highest BCUT2D eigenvalue weighted by molar-refractivity contribution is 5.94. The third kappa shape index (κ3) is 3.56. The molecule has 6 nitrogen and oxygen atoms in total. The highest BCUT2D eigenvalue weighted by atomic mass is 16.5. The van der Waals surface area contributed by atoms with Crippen molar-refractivity contribution in [2.45, 2.75) is 26.3 Å². The van der Waals surface area contributed by atoms with Gasteiger partial charge in [0, 0.05) is 5.70 Å². The van der Waals surface area contributed by atoms with Gasteiger partial charge in [-0.2, -0.15) is 0 Å². The number of fused-ring (bicyclic) bond motifs is 3. The van der Waals surface area contributed by atoms with Crippen molar-refractivity contribution in [3.05, 3.63) is 78.0 Å². The van der Waals surface area contributed by atoms with Crippen molar-refractivity contribution < 1.29 is 14.3 Å². The lowest BCUT2D eigenvalue weighted by atomic mass is 9.95. The van der Waals surface area contributed by atoms with Crippen LogP contribution < -0.4 is 10.1 Å². The number of allylic oxidation sites excluding steroid dienone is 1. The van der Waals surface area contributed by atoms with Crippen molar-refractivity contribution in [3.63, 3.8) is 0 Å². The number of nitrogens with zero attached hydrogens (tertiary/aromatic N) is 2. The molecule has 30 heavy (non-hydrogen) atoms. The summed E-state index contributed by atoms with van der Waals surface area (Å²) in [7, 11) is 0. The molecule has 0 spiro atoms. The van der Waals surface area contributed by atoms with E-state index < -0.39 is 0 Å². The third-order valence-corrected chi connectivity index (χ3v) is 5.05. The number of esters is 1. The van der Waals surface area contributed by atoms with Gasteiger partial charge in [0.2, 0.25) is 5.95 Å². The molecule has 0 aliphatic carbocycles. The summed E-state index contributed by atoms with van der Waals surface area (Å²) in [5.41, 5.74) is 4.03. The Morgan fingerprint density at radius 1 is 1.23 bits per heavy atom. The predicted molar refractivity (Wildman–Crippen MR) is 118 cm³/mol. The Labute approximate surface area is 175 Å². The van der Waals surface area contributed by atoms with Crippen molar-refractivity contribution in [1.82, 2.24) is 9.55 Å². The van der Waals surface area contributed by atoms with E-state index in [1.807, 2.05) is 55.5 Å². The van der Waals surface area contributed by atoms with Crippen LogP contribution in [0.4, 0.5) is 5.95 Å². The average molecular weight is 403 g/mol. The molecular weight excluding hydrogens is 378 g/mol. The second-order valence-corrected chi connectivity index (χ2v) is 7.16. The molecule has 1 N–H and O–H groups in total. The molecule has 1 aliphatic rings. The van der Waals surface area contributed by atoms with E-state index in [0.29, 0.717) is 18.1 Å². The zero-order valence-electron chi connectivity index (χ0n) is 17.2. The highest BCUT2D eigenvalue weighted by Crippen LogP contribution is 2.39. The molecule has 0 radical (unpaired) electrons. The number of para-hydroxylation sites is 2. The van der Waals surface area contributed by atoms with Crippen molar-refractivity contribution in [2.75, 3.05) is 18.5 Å². The van der Waals surface area contributed by atoms with Crippen LogP contribution in [0.15, 0.2) is 72.5 Å². The highest BCUT2D eigenvalue weighted by Gasteiger charge is 2.34. The second-order valence-electron chi connectivity index (χ2n) is 7.16. The summed E-state index contributed by atoms with van der Waals surface area (Å²) in [5, 5.41) is 3.28. The molecule has 6 heteroatoms. The van der Waals surface area contributed by atoms with Gasteiger partial charge in [0.15, 0.2) is 0 Å². The third-order valence-electron chi connectivity index (χ3n) is 5.05. The molecule has 0 saturated carbocycles. The number of nitrogens with one attached hydrogen (secondary N) is 1. The molecule has 0 fully saturated rings. The van der Waals surface area contributed by atoms with Crippen LogP contribution >= 0.6 is 0 Å². The maximum Gasteiger partial charge on any atom is 0.338 e. The number of imidazole rings is 1. The maximum absolute atomic E-state index is 13.0. The van der Waals surface area contributed by atoms with Gasteiger partial charge >= 0.3 is 5.97 Å². The molecular formula is C24H25N3O3. The quantitative estimate of drug-likeness (QED) is 0.452. The predicted octanol–water partition coefficient (Wildman–Crippen LogP) is 4.84. The van der Waals surface area contributed by atoms with Crippen molar-refractivity contribution in [2.24, 2.45) is 0 Å². The van der Waals surface area contributed by atoms with E-state index in [4.69, 9.17) is 14.5 Å². The first-order chi connectivity index (χ1) is 14.6. The number of carbonyl (C=O) groups excluding carboxylic acids is 1. The molecule has 1 aromatic heterocycles. The summed E-state index contributed by atoms with van der Waals surface area (Å²) in [4.78, 5) is 17.7. The molecule has 0 bridgehead atoms. The molecule has 2 aromatic carbocycles. The van der Waals surface area contributed by atoms with Crippen LogP contribution in [0.1, 0.15) is 31.9 Å². The topological polar surface area (TPSA) is 65.4 Å². The van der Waals surface area contributed by atoms with E-state index >= 15 is 0 Å². The first-order valence-corrected chi connectivity index (χ1v) is 10.1. The number of aromatic nitrogens is 2. The molecule has 1 aliphatic heterocycles. The van der Waals surface area contributed by atoms with Crippen LogP contribution in [-0.2, 0) is 9.53 Å². The van der Waals surface area contributed by atoms with E-state index in [1.165, 1.54) is 0 Å². The van der Waals surface area contributed by atoms with Crippen LogP contribution in [0.25, 0.3) is 11.0 Å². The molecule has 0 saturated heterocycles. The number of benzene rings is 2. The lowest BCUT2D eigenvalue weighted by Gasteiger charge is -2.30. The fourth-order valence-electron chi connectivity index (χ4n) is 3.72. The first kappa shape index (κ1) is 19.8. The van der Waals surface area contributed by atoms with Crippen molar-refractivity contribution in [3.8, 4) is 5.75 Å². The Kier molecular flexibility index (Phi) is 5.57. The number of hydrogen-bond acceptors (Lipinski definition) is 5. The first-order valence-electron chi connectivity index (χ1n) is 10.1. The maximum atomic E-state index is 13.0. The smallest absolute Gasteiger partial charge is 0.338 e. The van der Waals surface area contributed by atoms with Crippen LogP contribution in [-0.4, -0.2) is 28.7 Å². The zero-order chi connectivity index (χ0) is 21.1. The Morgan fingerprint density at radius 2 is 2.00 bits per heavy atom. The zero-order valence-corrected chi connectivity index (χ0v) is 17.2. The minimum atomic E-state index is -0.375. The standard InChI is InChI=1S/C24H25N3O3/c1-4-14-29-18-12-10-17(11-13-18)22-21(23(28)30-15-5-2)16(3)25-24-26-19-8-6-7-9-20(19)27(22)24/h5-13,22H,2,4,14-15H2,1,3H3,(H,25,26). The van der Waals surface area contributed by atoms with Crippen molar-refractivity contribution in [1.29, 1.82) is 0 Å². The molecule has 1 atom stereocenters. The van der Waals surface area contributed by atoms with Gasteiger partial charge in [-0.3, -0.25) is 4.57 Å². The van der Waals surface area contributed by atoms with Gasteiger partial charge in [-0.15, -0.1) is 0 Å². The Hall–Kier alpha value is -3.54. The summed E-state index contributed by atoms with van der Waals surface area (Å²) >= 11 is 0. The average Bonchev–Trinajstić information content (AvgIpc) is 3.13. The largest absolute Gasteiger partial charge is 0.494 e. The normalized spacial score (nSPS) is 15.5. The lowest BCUT2D eigenvalue weighted by Crippen LogP contribution is -2.29. The van der Waals surface area contributed by atoms with E-state index in [9.17, 15) is 4.79 Å². The Balaban J connectivity index is 1.84. The number of hydrogen-bond donors (Lipinski definition) is 1. The lowest BCUT2D eigenvalue weighted by molar-refractivity contribution is -0.138. The van der Waals surface area contributed by atoms with Crippen molar-refractivity contribution >= 4 is 23.0 Å². The van der Waals surface area contributed by atoms with Gasteiger partial charge in [-0.1, -0.05) is 43.8 Å². The summed E-state index contributed by atoms with van der Waals surface area (Å²) in [6.45, 7) is 8.41. The van der Waals surface area contributed by atoms with Crippen LogP contribution in [0, 0.1) is 0 Å². The van der Waals surface area contributed by atoms with Gasteiger partial charge < -0.3 is 14.8 Å². The SMILES string of the molecule is C=CCOC(=O)C1=C(C)Nc2nc3ccccc3n2C1c1ccc(OCCC)cc1. The van der Waals surface area contributed by atoms with Gasteiger partial charge in [-0.25, -0.2) is 9.78 Å². The van der Waals surface area contributed by atoms with E-state index in [1.54, 1.807) is 6.08 Å². The molecule has 2 heterocycles. The molecule has 3 aromatic rings. The second kappa shape index (κ2) is 8.45. The molecule has 1 unspecified atom stereocenters. The van der Waals surface area contributed by atoms with E-state index in [-0.39, 0.29) is 18.6 Å². The van der Waals surface area contributed by atoms with Gasteiger partial charge in [0.1, 0.15) is 12.4 Å². The van der Waals surface area contributed by atoms with Gasteiger partial charge in [0.05, 0.1) is 29.3 Å². The fourth-order valence-corrected chi connectivity index (χ4v) is 3.72. The minimum Gasteiger partial charge on any atom is -0.494 e. The number of anilines is 1. The fraction of sp³-hybridized carbons (Fsp3) is 0.250. The van der Waals surface area contributed by atoms with Gasteiger partial charge in [0.25, 0.3) is 0 Å². The summed E-state index contributed by atoms with van der Waals surface area (Å²) in [6, 6.07) is 15.4. The Bertz CT molecular complexity index is 1110. The molecule has 4 rings (SSSR count). The van der Waals surface area contributed by atoms with Crippen LogP contribution in [0.3, 0.4) is 0 Å².